The van der Waals surface area contributed by atoms with E-state index in [1.165, 1.54) is 7.11 Å². The zero-order chi connectivity index (χ0) is 13.5. The van der Waals surface area contributed by atoms with E-state index < -0.39 is 0 Å². The topological polar surface area (TPSA) is 73.6 Å². The average molecular weight is 252 g/mol. The number of hydrogen-bond acceptors (Lipinski definition) is 4. The minimum absolute atomic E-state index is 0.144. The molecule has 0 saturated heterocycles. The number of carbonyl (C=O) groups is 1. The van der Waals surface area contributed by atoms with Crippen LogP contribution in [0.15, 0.2) is 18.2 Å². The zero-order valence-electron chi connectivity index (χ0n) is 11.0. The molecule has 1 amide bonds. The van der Waals surface area contributed by atoms with Crippen LogP contribution in [0.4, 0.5) is 5.69 Å². The lowest BCUT2D eigenvalue weighted by atomic mass is 10.2. The molecule has 0 spiro atoms. The molecule has 0 aliphatic heterocycles. The molecule has 0 aromatic heterocycles. The second-order valence-corrected chi connectivity index (χ2v) is 4.05. The molecule has 100 valence electrons. The highest BCUT2D eigenvalue weighted by Crippen LogP contribution is 2.25. The Morgan fingerprint density at radius 2 is 2.17 bits per heavy atom. The molecule has 3 N–H and O–H groups in total. The summed E-state index contributed by atoms with van der Waals surface area (Å²) in [5.41, 5.74) is 7.19. The van der Waals surface area contributed by atoms with Gasteiger partial charge in [0.15, 0.2) is 0 Å². The van der Waals surface area contributed by atoms with Gasteiger partial charge in [0.1, 0.15) is 5.75 Å². The molecule has 1 rings (SSSR count). The van der Waals surface area contributed by atoms with Crippen molar-refractivity contribution in [2.75, 3.05) is 26.1 Å². The smallest absolute Gasteiger partial charge is 0.227 e. The van der Waals surface area contributed by atoms with Crippen LogP contribution in [-0.2, 0) is 9.53 Å². The largest absolute Gasteiger partial charge is 0.495 e. The van der Waals surface area contributed by atoms with E-state index in [0.29, 0.717) is 18.0 Å². The molecule has 0 heterocycles. The standard InChI is InChI=1S/C13H20N2O3/c1-9-4-5-11(12(6-9)18-3)15-13(16)7-10(8-14)17-2/h4-6,10H,7-8,14H2,1-3H3,(H,15,16). The summed E-state index contributed by atoms with van der Waals surface area (Å²) in [6, 6.07) is 5.59. The van der Waals surface area contributed by atoms with Crippen LogP contribution >= 0.6 is 0 Å². The first-order valence-corrected chi connectivity index (χ1v) is 5.78. The lowest BCUT2D eigenvalue weighted by Gasteiger charge is -2.14. The van der Waals surface area contributed by atoms with Gasteiger partial charge in [0, 0.05) is 13.7 Å². The van der Waals surface area contributed by atoms with E-state index in [1.54, 1.807) is 7.11 Å². The number of hydrogen-bond donors (Lipinski definition) is 2. The predicted molar refractivity (Wildman–Crippen MR) is 70.8 cm³/mol. The Morgan fingerprint density at radius 3 is 2.72 bits per heavy atom. The van der Waals surface area contributed by atoms with Gasteiger partial charge < -0.3 is 20.5 Å². The quantitative estimate of drug-likeness (QED) is 0.800. The molecule has 0 aliphatic carbocycles. The van der Waals surface area contributed by atoms with Crippen LogP contribution < -0.4 is 15.8 Å². The molecular weight excluding hydrogens is 232 g/mol. The van der Waals surface area contributed by atoms with Crippen LogP contribution in [0.1, 0.15) is 12.0 Å². The minimum Gasteiger partial charge on any atom is -0.495 e. The van der Waals surface area contributed by atoms with Crippen molar-refractivity contribution in [3.05, 3.63) is 23.8 Å². The van der Waals surface area contributed by atoms with Crippen molar-refractivity contribution in [2.24, 2.45) is 5.73 Å². The Balaban J connectivity index is 2.69. The van der Waals surface area contributed by atoms with Crippen molar-refractivity contribution >= 4 is 11.6 Å². The average Bonchev–Trinajstić information content (AvgIpc) is 2.38. The SMILES string of the molecule is COc1cc(C)ccc1NC(=O)CC(CN)OC. The summed E-state index contributed by atoms with van der Waals surface area (Å²) in [5.74, 6) is 0.500. The van der Waals surface area contributed by atoms with E-state index in [4.69, 9.17) is 15.2 Å². The summed E-state index contributed by atoms with van der Waals surface area (Å²) < 4.78 is 10.3. The van der Waals surface area contributed by atoms with Gasteiger partial charge in [-0.15, -0.1) is 0 Å². The molecular formula is C13H20N2O3. The Labute approximate surface area is 107 Å². The number of nitrogens with one attached hydrogen (secondary N) is 1. The first-order chi connectivity index (χ1) is 8.60. The molecule has 1 unspecified atom stereocenters. The second kappa shape index (κ2) is 6.98. The van der Waals surface area contributed by atoms with E-state index in [9.17, 15) is 4.79 Å². The number of nitrogens with two attached hydrogens (primary N) is 1. The first kappa shape index (κ1) is 14.5. The van der Waals surface area contributed by atoms with Crippen LogP contribution in [0.5, 0.6) is 5.75 Å². The van der Waals surface area contributed by atoms with Gasteiger partial charge in [0.25, 0.3) is 0 Å². The maximum absolute atomic E-state index is 11.8. The summed E-state index contributed by atoms with van der Waals surface area (Å²) in [7, 11) is 3.11. The van der Waals surface area contributed by atoms with Crippen LogP contribution in [0.2, 0.25) is 0 Å². The van der Waals surface area contributed by atoms with E-state index in [-0.39, 0.29) is 18.4 Å². The second-order valence-electron chi connectivity index (χ2n) is 4.05. The number of benzene rings is 1. The molecule has 1 aromatic carbocycles. The van der Waals surface area contributed by atoms with Gasteiger partial charge in [-0.05, 0) is 24.6 Å². The maximum atomic E-state index is 11.8. The lowest BCUT2D eigenvalue weighted by Crippen LogP contribution is -2.28. The van der Waals surface area contributed by atoms with Gasteiger partial charge >= 0.3 is 0 Å². The number of aryl methyl sites for hydroxylation is 1. The monoisotopic (exact) mass is 252 g/mol. The van der Waals surface area contributed by atoms with Crippen LogP contribution in [0.3, 0.4) is 0 Å². The third kappa shape index (κ3) is 4.01. The fourth-order valence-corrected chi connectivity index (χ4v) is 1.57. The molecule has 1 atom stereocenters. The lowest BCUT2D eigenvalue weighted by molar-refractivity contribution is -0.118. The summed E-state index contributed by atoms with van der Waals surface area (Å²) in [6.07, 6.45) is -0.0363. The van der Waals surface area contributed by atoms with E-state index in [0.717, 1.165) is 5.56 Å². The Hall–Kier alpha value is -1.59. The Morgan fingerprint density at radius 1 is 1.44 bits per heavy atom. The number of carbonyl (C=O) groups excluding carboxylic acids is 1. The molecule has 5 nitrogen and oxygen atoms in total. The number of ether oxygens (including phenoxy) is 2. The van der Waals surface area contributed by atoms with Crippen molar-refractivity contribution in [2.45, 2.75) is 19.4 Å². The third-order valence-corrected chi connectivity index (χ3v) is 2.64. The predicted octanol–water partition coefficient (Wildman–Crippen LogP) is 1.31. The summed E-state index contributed by atoms with van der Waals surface area (Å²) in [4.78, 5) is 11.8. The van der Waals surface area contributed by atoms with Crippen molar-refractivity contribution in [3.63, 3.8) is 0 Å². The van der Waals surface area contributed by atoms with Gasteiger partial charge in [-0.2, -0.15) is 0 Å². The van der Waals surface area contributed by atoms with Gasteiger partial charge in [-0.1, -0.05) is 6.07 Å². The van der Waals surface area contributed by atoms with E-state index >= 15 is 0 Å². The van der Waals surface area contributed by atoms with Gasteiger partial charge in [-0.25, -0.2) is 0 Å². The molecule has 18 heavy (non-hydrogen) atoms. The highest BCUT2D eigenvalue weighted by atomic mass is 16.5. The van der Waals surface area contributed by atoms with E-state index in [2.05, 4.69) is 5.32 Å². The number of methoxy groups -OCH3 is 2. The summed E-state index contributed by atoms with van der Waals surface area (Å²) >= 11 is 0. The van der Waals surface area contributed by atoms with Gasteiger partial charge in [0.2, 0.25) is 5.91 Å². The Bertz CT molecular complexity index is 403. The Kier molecular flexibility index (Phi) is 5.61. The molecule has 0 radical (unpaired) electrons. The number of anilines is 1. The molecule has 0 fully saturated rings. The molecule has 0 aliphatic rings. The highest BCUT2D eigenvalue weighted by Gasteiger charge is 2.13. The fraction of sp³-hybridized carbons (Fsp3) is 0.462. The normalized spacial score (nSPS) is 12.0. The van der Waals surface area contributed by atoms with Crippen LogP contribution in [-0.4, -0.2) is 32.8 Å². The minimum atomic E-state index is -0.263. The molecule has 0 bridgehead atoms. The van der Waals surface area contributed by atoms with Crippen molar-refractivity contribution < 1.29 is 14.3 Å². The molecule has 5 heteroatoms. The van der Waals surface area contributed by atoms with Gasteiger partial charge in [-0.3, -0.25) is 4.79 Å². The van der Waals surface area contributed by atoms with Crippen molar-refractivity contribution in [3.8, 4) is 5.75 Å². The summed E-state index contributed by atoms with van der Waals surface area (Å²) in [6.45, 7) is 2.28. The van der Waals surface area contributed by atoms with Crippen molar-refractivity contribution in [1.82, 2.24) is 0 Å². The fourth-order valence-electron chi connectivity index (χ4n) is 1.57. The number of rotatable bonds is 6. The maximum Gasteiger partial charge on any atom is 0.227 e. The summed E-state index contributed by atoms with van der Waals surface area (Å²) in [5, 5.41) is 2.79. The van der Waals surface area contributed by atoms with E-state index in [1.807, 2.05) is 25.1 Å². The van der Waals surface area contributed by atoms with Crippen LogP contribution in [0.25, 0.3) is 0 Å². The number of amides is 1. The van der Waals surface area contributed by atoms with Crippen LogP contribution in [0, 0.1) is 6.92 Å². The van der Waals surface area contributed by atoms with Crippen molar-refractivity contribution in [1.29, 1.82) is 0 Å². The molecule has 0 saturated carbocycles. The third-order valence-electron chi connectivity index (χ3n) is 2.64. The highest BCUT2D eigenvalue weighted by molar-refractivity contribution is 5.92. The molecule has 1 aromatic rings. The first-order valence-electron chi connectivity index (χ1n) is 5.78. The zero-order valence-corrected chi connectivity index (χ0v) is 11.0. The van der Waals surface area contributed by atoms with Gasteiger partial charge in [0.05, 0.1) is 25.3 Å².